The lowest BCUT2D eigenvalue weighted by atomic mass is 10.0. The Bertz CT molecular complexity index is 352. The van der Waals surface area contributed by atoms with Gasteiger partial charge in [-0.15, -0.1) is 0 Å². The first kappa shape index (κ1) is 11.5. The van der Waals surface area contributed by atoms with E-state index < -0.39 is 0 Å². The molecule has 1 rings (SSSR count). The molecular weight excluding hydrogens is 186 g/mol. The van der Waals surface area contributed by atoms with E-state index in [-0.39, 0.29) is 6.04 Å². The van der Waals surface area contributed by atoms with Crippen LogP contribution in [0.15, 0.2) is 24.3 Å². The van der Waals surface area contributed by atoms with E-state index in [1.165, 1.54) is 0 Å². The van der Waals surface area contributed by atoms with Gasteiger partial charge < -0.3 is 11.1 Å². The molecule has 0 saturated carbocycles. The van der Waals surface area contributed by atoms with Crippen molar-refractivity contribution < 1.29 is 0 Å². The first-order valence-corrected chi connectivity index (χ1v) is 5.14. The van der Waals surface area contributed by atoms with Crippen LogP contribution in [0.3, 0.4) is 0 Å². The van der Waals surface area contributed by atoms with Crippen molar-refractivity contribution in [1.82, 2.24) is 0 Å². The van der Waals surface area contributed by atoms with Crippen molar-refractivity contribution in [2.45, 2.75) is 19.9 Å². The van der Waals surface area contributed by atoms with Crippen LogP contribution in [0, 0.1) is 17.2 Å². The second-order valence-electron chi connectivity index (χ2n) is 3.89. The maximum Gasteiger partial charge on any atom is 0.101 e. The van der Waals surface area contributed by atoms with Crippen LogP contribution in [-0.2, 0) is 0 Å². The van der Waals surface area contributed by atoms with Gasteiger partial charge in [-0.3, -0.25) is 0 Å². The van der Waals surface area contributed by atoms with Gasteiger partial charge in [0.05, 0.1) is 11.3 Å². The summed E-state index contributed by atoms with van der Waals surface area (Å²) >= 11 is 0. The number of para-hydroxylation sites is 1. The summed E-state index contributed by atoms with van der Waals surface area (Å²) in [6.07, 6.45) is 0. The van der Waals surface area contributed by atoms with Crippen LogP contribution in [0.5, 0.6) is 0 Å². The van der Waals surface area contributed by atoms with Gasteiger partial charge in [0.1, 0.15) is 6.07 Å². The molecule has 1 aromatic carbocycles. The Kier molecular flexibility index (Phi) is 4.14. The second kappa shape index (κ2) is 5.38. The van der Waals surface area contributed by atoms with Gasteiger partial charge in [0.15, 0.2) is 0 Å². The van der Waals surface area contributed by atoms with Gasteiger partial charge in [-0.2, -0.15) is 5.26 Å². The molecule has 15 heavy (non-hydrogen) atoms. The molecule has 0 spiro atoms. The van der Waals surface area contributed by atoms with Crippen LogP contribution in [0.2, 0.25) is 0 Å². The molecule has 3 heteroatoms. The Morgan fingerprint density at radius 3 is 2.60 bits per heavy atom. The minimum atomic E-state index is 0.208. The summed E-state index contributed by atoms with van der Waals surface area (Å²) in [5.74, 6) is 0.446. The molecule has 0 fully saturated rings. The standard InChI is InChI=1S/C12H17N3/c1-9(2)12(8-14)15-11-6-4-3-5-10(11)7-13/h3-6,9,12,15H,8,14H2,1-2H3. The minimum absolute atomic E-state index is 0.208. The fourth-order valence-corrected chi connectivity index (χ4v) is 1.40. The second-order valence-corrected chi connectivity index (χ2v) is 3.89. The van der Waals surface area contributed by atoms with Gasteiger partial charge in [-0.05, 0) is 18.1 Å². The molecule has 80 valence electrons. The Labute approximate surface area is 90.9 Å². The van der Waals surface area contributed by atoms with Crippen LogP contribution in [0.1, 0.15) is 19.4 Å². The number of benzene rings is 1. The van der Waals surface area contributed by atoms with Gasteiger partial charge in [0, 0.05) is 12.6 Å². The molecule has 0 amide bonds. The fraction of sp³-hybridized carbons (Fsp3) is 0.417. The van der Waals surface area contributed by atoms with Crippen LogP contribution in [0.4, 0.5) is 5.69 Å². The largest absolute Gasteiger partial charge is 0.380 e. The maximum atomic E-state index is 8.92. The normalized spacial score (nSPS) is 12.2. The number of anilines is 1. The average molecular weight is 203 g/mol. The minimum Gasteiger partial charge on any atom is -0.380 e. The highest BCUT2D eigenvalue weighted by Gasteiger charge is 2.12. The molecular formula is C12H17N3. The molecule has 0 aliphatic carbocycles. The van der Waals surface area contributed by atoms with Gasteiger partial charge in [0.25, 0.3) is 0 Å². The Morgan fingerprint density at radius 1 is 1.40 bits per heavy atom. The van der Waals surface area contributed by atoms with Crippen molar-refractivity contribution in [2.75, 3.05) is 11.9 Å². The summed E-state index contributed by atoms with van der Waals surface area (Å²) in [7, 11) is 0. The Morgan fingerprint density at radius 2 is 2.07 bits per heavy atom. The summed E-state index contributed by atoms with van der Waals surface area (Å²) < 4.78 is 0. The van der Waals surface area contributed by atoms with Gasteiger partial charge in [-0.25, -0.2) is 0 Å². The summed E-state index contributed by atoms with van der Waals surface area (Å²) in [6, 6.07) is 9.85. The number of nitrogens with two attached hydrogens (primary N) is 1. The number of rotatable bonds is 4. The molecule has 0 radical (unpaired) electrons. The summed E-state index contributed by atoms with van der Waals surface area (Å²) in [6.45, 7) is 4.79. The summed E-state index contributed by atoms with van der Waals surface area (Å²) in [4.78, 5) is 0. The Balaban J connectivity index is 2.84. The number of nitriles is 1. The molecule has 1 unspecified atom stereocenters. The molecule has 0 heterocycles. The molecule has 0 aromatic heterocycles. The van der Waals surface area contributed by atoms with Crippen molar-refractivity contribution in [3.8, 4) is 6.07 Å². The van der Waals surface area contributed by atoms with Crippen LogP contribution in [0.25, 0.3) is 0 Å². The summed E-state index contributed by atoms with van der Waals surface area (Å²) in [5.41, 5.74) is 7.20. The van der Waals surface area contributed by atoms with E-state index in [2.05, 4.69) is 25.2 Å². The fourth-order valence-electron chi connectivity index (χ4n) is 1.40. The van der Waals surface area contributed by atoms with Gasteiger partial charge in [0.2, 0.25) is 0 Å². The van der Waals surface area contributed by atoms with Crippen LogP contribution < -0.4 is 11.1 Å². The van der Waals surface area contributed by atoms with Crippen molar-refractivity contribution in [3.63, 3.8) is 0 Å². The van der Waals surface area contributed by atoms with E-state index >= 15 is 0 Å². The van der Waals surface area contributed by atoms with Crippen molar-refractivity contribution in [1.29, 1.82) is 5.26 Å². The van der Waals surface area contributed by atoms with Gasteiger partial charge in [-0.1, -0.05) is 26.0 Å². The molecule has 1 atom stereocenters. The third-order valence-corrected chi connectivity index (χ3v) is 2.45. The summed E-state index contributed by atoms with van der Waals surface area (Å²) in [5, 5.41) is 12.2. The molecule has 0 aliphatic rings. The first-order valence-electron chi connectivity index (χ1n) is 5.14. The van der Waals surface area contributed by atoms with E-state index in [9.17, 15) is 0 Å². The molecule has 0 saturated heterocycles. The quantitative estimate of drug-likeness (QED) is 0.786. The highest BCUT2D eigenvalue weighted by molar-refractivity contribution is 5.57. The number of hydrogen-bond acceptors (Lipinski definition) is 3. The van der Waals surface area contributed by atoms with Crippen molar-refractivity contribution >= 4 is 5.69 Å². The lowest BCUT2D eigenvalue weighted by Gasteiger charge is -2.22. The van der Waals surface area contributed by atoms with E-state index in [4.69, 9.17) is 11.0 Å². The monoisotopic (exact) mass is 203 g/mol. The zero-order chi connectivity index (χ0) is 11.3. The highest BCUT2D eigenvalue weighted by atomic mass is 14.9. The van der Waals surface area contributed by atoms with E-state index in [1.54, 1.807) is 6.07 Å². The lowest BCUT2D eigenvalue weighted by Crippen LogP contribution is -2.33. The molecule has 0 bridgehead atoms. The van der Waals surface area contributed by atoms with Crippen molar-refractivity contribution in [2.24, 2.45) is 11.7 Å². The Hall–Kier alpha value is -1.53. The predicted molar refractivity (Wildman–Crippen MR) is 62.5 cm³/mol. The number of nitrogens with zero attached hydrogens (tertiary/aromatic N) is 1. The van der Waals surface area contributed by atoms with E-state index in [0.717, 1.165) is 5.69 Å². The van der Waals surface area contributed by atoms with E-state index in [0.29, 0.717) is 18.0 Å². The van der Waals surface area contributed by atoms with Crippen LogP contribution >= 0.6 is 0 Å². The highest BCUT2D eigenvalue weighted by Crippen LogP contribution is 2.16. The lowest BCUT2D eigenvalue weighted by molar-refractivity contribution is 0.531. The zero-order valence-corrected chi connectivity index (χ0v) is 9.20. The number of nitrogens with one attached hydrogen (secondary N) is 1. The predicted octanol–water partition coefficient (Wildman–Crippen LogP) is 1.95. The van der Waals surface area contributed by atoms with Gasteiger partial charge >= 0.3 is 0 Å². The van der Waals surface area contributed by atoms with Crippen molar-refractivity contribution in [3.05, 3.63) is 29.8 Å². The van der Waals surface area contributed by atoms with E-state index in [1.807, 2.05) is 18.2 Å². The molecule has 0 aliphatic heterocycles. The molecule has 3 nitrogen and oxygen atoms in total. The number of hydrogen-bond donors (Lipinski definition) is 2. The van der Waals surface area contributed by atoms with Crippen LogP contribution in [-0.4, -0.2) is 12.6 Å². The first-order chi connectivity index (χ1) is 7.19. The zero-order valence-electron chi connectivity index (χ0n) is 9.20. The topological polar surface area (TPSA) is 61.8 Å². The smallest absolute Gasteiger partial charge is 0.101 e. The average Bonchev–Trinajstić information content (AvgIpc) is 2.25. The third kappa shape index (κ3) is 2.97. The maximum absolute atomic E-state index is 8.92. The third-order valence-electron chi connectivity index (χ3n) is 2.45. The SMILES string of the molecule is CC(C)C(CN)Nc1ccccc1C#N. The molecule has 1 aromatic rings. The molecule has 3 N–H and O–H groups in total.